The van der Waals surface area contributed by atoms with Crippen molar-refractivity contribution in [2.75, 3.05) is 5.32 Å². The standard InChI is InChI=1S/C22H19N3O/c1-15-5-3-7-18(13-15)22(26)23-19-10-8-17(9-11-19)20-14-25-12-4-6-16(2)21(25)24-20/h3-14H,1-2H3,(H,23,26). The summed E-state index contributed by atoms with van der Waals surface area (Å²) < 4.78 is 2.03. The first-order chi connectivity index (χ1) is 12.6. The van der Waals surface area contributed by atoms with Crippen molar-refractivity contribution < 1.29 is 4.79 Å². The molecular formula is C22H19N3O. The Morgan fingerprint density at radius 2 is 1.81 bits per heavy atom. The van der Waals surface area contributed by atoms with Crippen molar-refractivity contribution in [3.05, 3.63) is 89.7 Å². The van der Waals surface area contributed by atoms with Crippen molar-refractivity contribution in [2.24, 2.45) is 0 Å². The topological polar surface area (TPSA) is 46.4 Å². The number of anilines is 1. The maximum Gasteiger partial charge on any atom is 0.255 e. The number of hydrogen-bond acceptors (Lipinski definition) is 2. The van der Waals surface area contributed by atoms with Gasteiger partial charge in [0.25, 0.3) is 5.91 Å². The maximum atomic E-state index is 12.3. The average molecular weight is 341 g/mol. The molecule has 4 heteroatoms. The molecule has 0 aliphatic carbocycles. The fourth-order valence-corrected chi connectivity index (χ4v) is 3.01. The van der Waals surface area contributed by atoms with Crippen LogP contribution in [-0.4, -0.2) is 15.3 Å². The molecule has 4 aromatic rings. The highest BCUT2D eigenvalue weighted by Gasteiger charge is 2.08. The predicted octanol–water partition coefficient (Wildman–Crippen LogP) is 4.87. The lowest BCUT2D eigenvalue weighted by molar-refractivity contribution is 0.102. The highest BCUT2D eigenvalue weighted by molar-refractivity contribution is 6.04. The SMILES string of the molecule is Cc1cccc(C(=O)Nc2ccc(-c3cn4cccc(C)c4n3)cc2)c1. The van der Waals surface area contributed by atoms with Gasteiger partial charge >= 0.3 is 0 Å². The number of imidazole rings is 1. The van der Waals surface area contributed by atoms with E-state index < -0.39 is 0 Å². The Hall–Kier alpha value is -3.40. The third kappa shape index (κ3) is 3.09. The molecule has 2 heterocycles. The highest BCUT2D eigenvalue weighted by Crippen LogP contribution is 2.22. The van der Waals surface area contributed by atoms with E-state index in [1.807, 2.05) is 78.3 Å². The molecule has 1 N–H and O–H groups in total. The molecule has 4 nitrogen and oxygen atoms in total. The molecular weight excluding hydrogens is 322 g/mol. The van der Waals surface area contributed by atoms with E-state index in [0.29, 0.717) is 5.56 Å². The molecule has 1 amide bonds. The number of carbonyl (C=O) groups is 1. The van der Waals surface area contributed by atoms with Crippen molar-refractivity contribution in [2.45, 2.75) is 13.8 Å². The molecule has 0 unspecified atom stereocenters. The fraction of sp³-hybridized carbons (Fsp3) is 0.0909. The lowest BCUT2D eigenvalue weighted by Gasteiger charge is -2.06. The van der Waals surface area contributed by atoms with Gasteiger partial charge in [0.1, 0.15) is 5.65 Å². The monoisotopic (exact) mass is 341 g/mol. The molecule has 0 atom stereocenters. The maximum absolute atomic E-state index is 12.3. The number of nitrogens with one attached hydrogen (secondary N) is 1. The van der Waals surface area contributed by atoms with Gasteiger partial charge in [-0.1, -0.05) is 35.9 Å². The van der Waals surface area contributed by atoms with Gasteiger partial charge < -0.3 is 9.72 Å². The van der Waals surface area contributed by atoms with Crippen LogP contribution in [0.2, 0.25) is 0 Å². The number of fused-ring (bicyclic) bond motifs is 1. The number of carbonyl (C=O) groups excluding carboxylic acids is 1. The first-order valence-corrected chi connectivity index (χ1v) is 8.53. The van der Waals surface area contributed by atoms with Crippen molar-refractivity contribution >= 4 is 17.2 Å². The molecule has 0 fully saturated rings. The van der Waals surface area contributed by atoms with Crippen LogP contribution in [0.15, 0.2) is 73.1 Å². The van der Waals surface area contributed by atoms with Crippen molar-refractivity contribution in [1.29, 1.82) is 0 Å². The van der Waals surface area contributed by atoms with Crippen LogP contribution in [0.3, 0.4) is 0 Å². The number of hydrogen-bond donors (Lipinski definition) is 1. The first-order valence-electron chi connectivity index (χ1n) is 8.53. The summed E-state index contributed by atoms with van der Waals surface area (Å²) in [5.41, 5.74) is 6.51. The molecule has 0 saturated heterocycles. The zero-order chi connectivity index (χ0) is 18.1. The summed E-state index contributed by atoms with van der Waals surface area (Å²) in [7, 11) is 0. The first kappa shape index (κ1) is 16.1. The van der Waals surface area contributed by atoms with Gasteiger partial charge in [0, 0.05) is 29.2 Å². The second-order valence-electron chi connectivity index (χ2n) is 6.45. The molecule has 0 saturated carbocycles. The number of amides is 1. The molecule has 0 bridgehead atoms. The molecule has 2 aromatic carbocycles. The molecule has 26 heavy (non-hydrogen) atoms. The number of benzene rings is 2. The number of rotatable bonds is 3. The Balaban J connectivity index is 1.56. The van der Waals surface area contributed by atoms with Crippen LogP contribution < -0.4 is 5.32 Å². The Morgan fingerprint density at radius 3 is 2.54 bits per heavy atom. The van der Waals surface area contributed by atoms with Crippen molar-refractivity contribution in [3.63, 3.8) is 0 Å². The van der Waals surface area contributed by atoms with Gasteiger partial charge in [0.2, 0.25) is 0 Å². The predicted molar refractivity (Wildman–Crippen MR) is 104 cm³/mol. The minimum atomic E-state index is -0.107. The molecule has 0 aliphatic heterocycles. The summed E-state index contributed by atoms with van der Waals surface area (Å²) in [6, 6.07) is 19.4. The van der Waals surface area contributed by atoms with Gasteiger partial charge in [0.05, 0.1) is 5.69 Å². The molecule has 0 radical (unpaired) electrons. The highest BCUT2D eigenvalue weighted by atomic mass is 16.1. The van der Waals surface area contributed by atoms with E-state index >= 15 is 0 Å². The van der Waals surface area contributed by atoms with Gasteiger partial charge in [-0.05, 0) is 49.7 Å². The van der Waals surface area contributed by atoms with Crippen LogP contribution in [0.25, 0.3) is 16.9 Å². The summed E-state index contributed by atoms with van der Waals surface area (Å²) in [6.07, 6.45) is 4.01. The largest absolute Gasteiger partial charge is 0.322 e. The van der Waals surface area contributed by atoms with Gasteiger partial charge in [0.15, 0.2) is 0 Å². The minimum absolute atomic E-state index is 0.107. The Morgan fingerprint density at radius 1 is 1.00 bits per heavy atom. The second kappa shape index (κ2) is 6.48. The number of aromatic nitrogens is 2. The van der Waals surface area contributed by atoms with Crippen LogP contribution in [0.5, 0.6) is 0 Å². The van der Waals surface area contributed by atoms with Gasteiger partial charge in [-0.3, -0.25) is 4.79 Å². The summed E-state index contributed by atoms with van der Waals surface area (Å²) in [5.74, 6) is -0.107. The van der Waals surface area contributed by atoms with Crippen molar-refractivity contribution in [3.8, 4) is 11.3 Å². The number of aryl methyl sites for hydroxylation is 2. The van der Waals surface area contributed by atoms with Crippen LogP contribution in [0.4, 0.5) is 5.69 Å². The lowest BCUT2D eigenvalue weighted by Crippen LogP contribution is -2.11. The van der Waals surface area contributed by atoms with Crippen LogP contribution >= 0.6 is 0 Å². The Kier molecular flexibility index (Phi) is 4.01. The average Bonchev–Trinajstić information content (AvgIpc) is 3.08. The van der Waals surface area contributed by atoms with E-state index in [1.54, 1.807) is 0 Å². The van der Waals surface area contributed by atoms with Gasteiger partial charge in [-0.2, -0.15) is 0 Å². The van der Waals surface area contributed by atoms with E-state index in [9.17, 15) is 4.79 Å². The van der Waals surface area contributed by atoms with Crippen LogP contribution in [0.1, 0.15) is 21.5 Å². The van der Waals surface area contributed by atoms with Crippen molar-refractivity contribution in [1.82, 2.24) is 9.38 Å². The zero-order valence-electron chi connectivity index (χ0n) is 14.7. The quantitative estimate of drug-likeness (QED) is 0.578. The minimum Gasteiger partial charge on any atom is -0.322 e. The van der Waals surface area contributed by atoms with Gasteiger partial charge in [-0.15, -0.1) is 0 Å². The third-order valence-corrected chi connectivity index (χ3v) is 4.40. The summed E-state index contributed by atoms with van der Waals surface area (Å²) in [6.45, 7) is 4.03. The Bertz CT molecular complexity index is 1090. The molecule has 0 spiro atoms. The number of nitrogens with zero attached hydrogens (tertiary/aromatic N) is 2. The van der Waals surface area contributed by atoms with E-state index in [0.717, 1.165) is 33.7 Å². The third-order valence-electron chi connectivity index (χ3n) is 4.40. The fourth-order valence-electron chi connectivity index (χ4n) is 3.01. The van der Waals surface area contributed by atoms with E-state index in [-0.39, 0.29) is 5.91 Å². The zero-order valence-corrected chi connectivity index (χ0v) is 14.7. The van der Waals surface area contributed by atoms with Gasteiger partial charge in [-0.25, -0.2) is 4.98 Å². The summed E-state index contributed by atoms with van der Waals surface area (Å²) >= 11 is 0. The Labute approximate surface area is 152 Å². The van der Waals surface area contributed by atoms with E-state index in [4.69, 9.17) is 4.98 Å². The van der Waals surface area contributed by atoms with E-state index in [1.165, 1.54) is 0 Å². The molecule has 0 aliphatic rings. The normalized spacial score (nSPS) is 10.8. The smallest absolute Gasteiger partial charge is 0.255 e. The van der Waals surface area contributed by atoms with Crippen LogP contribution in [-0.2, 0) is 0 Å². The molecule has 4 rings (SSSR count). The lowest BCUT2D eigenvalue weighted by atomic mass is 10.1. The molecule has 128 valence electrons. The summed E-state index contributed by atoms with van der Waals surface area (Å²) in [4.78, 5) is 17.1. The second-order valence-corrected chi connectivity index (χ2v) is 6.45. The summed E-state index contributed by atoms with van der Waals surface area (Å²) in [5, 5.41) is 2.94. The van der Waals surface area contributed by atoms with E-state index in [2.05, 4.69) is 18.3 Å². The van der Waals surface area contributed by atoms with Crippen LogP contribution in [0, 0.1) is 13.8 Å². The number of pyridine rings is 1. The molecule has 2 aromatic heterocycles.